The van der Waals surface area contributed by atoms with E-state index in [1.165, 1.54) is 29.3 Å². The van der Waals surface area contributed by atoms with Crippen LogP contribution in [0, 0.1) is 26.2 Å². The van der Waals surface area contributed by atoms with E-state index in [-0.39, 0.29) is 23.7 Å². The molecule has 0 fully saturated rings. The number of amides is 1. The Labute approximate surface area is 230 Å². The standard InChI is InChI=1S/C29H30F3N7O/c1-5-8-33-9-7-10-35-28(40)25-19(3)14-21(15-20(25)4)16-23-27-36-17-24(39(27)13-11-34-23)22-18-38(12-6-2)37-26(22)29(30,31)32/h1,6,11,13-15,17-18,33H,2,7-10,12,16H2,3-4H3,(H,35,40). The summed E-state index contributed by atoms with van der Waals surface area (Å²) in [5.41, 5.74) is 3.39. The second-order valence-corrected chi connectivity index (χ2v) is 9.38. The van der Waals surface area contributed by atoms with Gasteiger partial charge in [-0.15, -0.1) is 13.0 Å². The normalized spacial score (nSPS) is 11.5. The third kappa shape index (κ3) is 6.24. The van der Waals surface area contributed by atoms with E-state index >= 15 is 0 Å². The monoisotopic (exact) mass is 549 g/mol. The van der Waals surface area contributed by atoms with E-state index < -0.39 is 11.9 Å². The predicted molar refractivity (Wildman–Crippen MR) is 147 cm³/mol. The van der Waals surface area contributed by atoms with Gasteiger partial charge in [-0.1, -0.05) is 24.1 Å². The van der Waals surface area contributed by atoms with Crippen LogP contribution in [0.15, 0.2) is 49.6 Å². The van der Waals surface area contributed by atoms with Crippen LogP contribution in [0.5, 0.6) is 0 Å². The van der Waals surface area contributed by atoms with E-state index in [4.69, 9.17) is 6.42 Å². The van der Waals surface area contributed by atoms with Gasteiger partial charge in [0.15, 0.2) is 11.3 Å². The van der Waals surface area contributed by atoms with Crippen LogP contribution < -0.4 is 10.6 Å². The highest BCUT2D eigenvalue weighted by atomic mass is 19.4. The summed E-state index contributed by atoms with van der Waals surface area (Å²) in [6.07, 6.45) is 9.05. The third-order valence-corrected chi connectivity index (χ3v) is 6.36. The van der Waals surface area contributed by atoms with Gasteiger partial charge in [0.2, 0.25) is 0 Å². The third-order valence-electron chi connectivity index (χ3n) is 6.36. The zero-order valence-corrected chi connectivity index (χ0v) is 22.3. The molecule has 1 aromatic carbocycles. The van der Waals surface area contributed by atoms with Crippen molar-refractivity contribution >= 4 is 11.6 Å². The van der Waals surface area contributed by atoms with Crippen molar-refractivity contribution in [1.29, 1.82) is 0 Å². The number of aromatic nitrogens is 5. The molecule has 0 aliphatic carbocycles. The van der Waals surface area contributed by atoms with Crippen molar-refractivity contribution in [3.63, 3.8) is 0 Å². The summed E-state index contributed by atoms with van der Waals surface area (Å²) in [7, 11) is 0. The van der Waals surface area contributed by atoms with E-state index in [9.17, 15) is 18.0 Å². The number of allylic oxidation sites excluding steroid dienone is 1. The quantitative estimate of drug-likeness (QED) is 0.165. The first-order valence-electron chi connectivity index (χ1n) is 12.7. The number of terminal acetylenes is 1. The fourth-order valence-corrected chi connectivity index (χ4v) is 4.71. The lowest BCUT2D eigenvalue weighted by molar-refractivity contribution is -0.141. The van der Waals surface area contributed by atoms with Gasteiger partial charge in [-0.3, -0.25) is 18.9 Å². The number of benzene rings is 1. The Morgan fingerprint density at radius 3 is 2.62 bits per heavy atom. The van der Waals surface area contributed by atoms with Gasteiger partial charge < -0.3 is 10.6 Å². The summed E-state index contributed by atoms with van der Waals surface area (Å²) in [4.78, 5) is 21.7. The lowest BCUT2D eigenvalue weighted by Gasteiger charge is -2.13. The van der Waals surface area contributed by atoms with Gasteiger partial charge in [0.25, 0.3) is 5.91 Å². The summed E-state index contributed by atoms with van der Waals surface area (Å²) >= 11 is 0. The molecule has 3 aromatic heterocycles. The van der Waals surface area contributed by atoms with Crippen LogP contribution in [-0.4, -0.2) is 49.7 Å². The van der Waals surface area contributed by atoms with Crippen LogP contribution in [-0.2, 0) is 19.1 Å². The average Bonchev–Trinajstić information content (AvgIpc) is 3.51. The SMILES string of the molecule is C#CCNCCCNC(=O)c1c(C)cc(Cc2nccn3c(-c4cn(CC=C)nc4C(F)(F)F)cnc23)cc1C. The van der Waals surface area contributed by atoms with Gasteiger partial charge in [0, 0.05) is 37.1 Å². The molecule has 4 rings (SSSR count). The van der Waals surface area contributed by atoms with Crippen molar-refractivity contribution in [2.45, 2.75) is 39.4 Å². The molecular weight excluding hydrogens is 519 g/mol. The minimum absolute atomic E-state index is 0.0760. The Morgan fingerprint density at radius 2 is 1.95 bits per heavy atom. The molecule has 0 aliphatic rings. The van der Waals surface area contributed by atoms with Crippen LogP contribution in [0.3, 0.4) is 0 Å². The second kappa shape index (κ2) is 12.2. The molecule has 2 N–H and O–H groups in total. The number of alkyl halides is 3. The molecule has 1 amide bonds. The Morgan fingerprint density at radius 1 is 1.20 bits per heavy atom. The van der Waals surface area contributed by atoms with Crippen LogP contribution in [0.4, 0.5) is 13.2 Å². The average molecular weight is 550 g/mol. The summed E-state index contributed by atoms with van der Waals surface area (Å²) < 4.78 is 44.1. The first-order chi connectivity index (χ1) is 19.1. The van der Waals surface area contributed by atoms with Gasteiger partial charge >= 0.3 is 6.18 Å². The zero-order valence-electron chi connectivity index (χ0n) is 22.3. The summed E-state index contributed by atoms with van der Waals surface area (Å²) in [6, 6.07) is 3.85. The summed E-state index contributed by atoms with van der Waals surface area (Å²) in [5, 5.41) is 9.75. The molecule has 11 heteroatoms. The number of nitrogens with one attached hydrogen (secondary N) is 2. The van der Waals surface area contributed by atoms with Gasteiger partial charge in [-0.05, 0) is 43.5 Å². The molecule has 4 aromatic rings. The van der Waals surface area contributed by atoms with Crippen LogP contribution >= 0.6 is 0 Å². The number of carbonyl (C=O) groups is 1. The number of rotatable bonds is 11. The summed E-state index contributed by atoms with van der Waals surface area (Å²) in [6.45, 7) is 9.20. The van der Waals surface area contributed by atoms with Gasteiger partial charge in [-0.25, -0.2) is 4.98 Å². The first kappa shape index (κ1) is 28.6. The fourth-order valence-electron chi connectivity index (χ4n) is 4.71. The van der Waals surface area contributed by atoms with E-state index in [0.29, 0.717) is 43.0 Å². The van der Waals surface area contributed by atoms with E-state index in [1.807, 2.05) is 26.0 Å². The molecule has 0 spiro atoms. The van der Waals surface area contributed by atoms with Gasteiger partial charge in [0.1, 0.15) is 0 Å². The topological polar surface area (TPSA) is 89.1 Å². The molecule has 40 heavy (non-hydrogen) atoms. The van der Waals surface area contributed by atoms with Crippen LogP contribution in [0.2, 0.25) is 0 Å². The van der Waals surface area contributed by atoms with Crippen molar-refractivity contribution in [3.05, 3.63) is 83.2 Å². The number of halogens is 3. The molecule has 0 radical (unpaired) electrons. The summed E-state index contributed by atoms with van der Waals surface area (Å²) in [5.74, 6) is 2.36. The number of hydrogen-bond donors (Lipinski definition) is 2. The van der Waals surface area contributed by atoms with E-state index in [1.54, 1.807) is 10.6 Å². The van der Waals surface area contributed by atoms with Gasteiger partial charge in [0.05, 0.1) is 36.2 Å². The highest BCUT2D eigenvalue weighted by molar-refractivity contribution is 5.97. The molecule has 0 aliphatic heterocycles. The number of imidazole rings is 1. The van der Waals surface area contributed by atoms with Crippen molar-refractivity contribution in [2.75, 3.05) is 19.6 Å². The number of carbonyl (C=O) groups excluding carboxylic acids is 1. The minimum atomic E-state index is -4.64. The van der Waals surface area contributed by atoms with Crippen molar-refractivity contribution in [2.24, 2.45) is 0 Å². The minimum Gasteiger partial charge on any atom is -0.352 e. The Kier molecular flexibility index (Phi) is 8.70. The molecular formula is C29H30F3N7O. The van der Waals surface area contributed by atoms with Crippen LogP contribution in [0.25, 0.3) is 16.9 Å². The largest absolute Gasteiger partial charge is 0.435 e. The second-order valence-electron chi connectivity index (χ2n) is 9.38. The molecule has 3 heterocycles. The number of aryl methyl sites for hydroxylation is 2. The van der Waals surface area contributed by atoms with Crippen molar-refractivity contribution in [3.8, 4) is 23.6 Å². The maximum Gasteiger partial charge on any atom is 0.435 e. The molecule has 0 bridgehead atoms. The smallest absolute Gasteiger partial charge is 0.352 e. The number of nitrogens with zero attached hydrogens (tertiary/aromatic N) is 5. The lowest BCUT2D eigenvalue weighted by atomic mass is 9.96. The van der Waals surface area contributed by atoms with E-state index in [2.05, 4.69) is 38.2 Å². The predicted octanol–water partition coefficient (Wildman–Crippen LogP) is 4.35. The van der Waals surface area contributed by atoms with Gasteiger partial charge in [-0.2, -0.15) is 18.3 Å². The molecule has 0 saturated heterocycles. The van der Waals surface area contributed by atoms with Crippen LogP contribution in [0.1, 0.15) is 44.9 Å². The zero-order chi connectivity index (χ0) is 28.9. The fraction of sp³-hybridized carbons (Fsp3) is 0.310. The molecule has 8 nitrogen and oxygen atoms in total. The Bertz CT molecular complexity index is 1550. The number of fused-ring (bicyclic) bond motifs is 1. The first-order valence-corrected chi connectivity index (χ1v) is 12.7. The highest BCUT2D eigenvalue weighted by Crippen LogP contribution is 2.36. The lowest BCUT2D eigenvalue weighted by Crippen LogP contribution is -2.28. The maximum absolute atomic E-state index is 13.8. The van der Waals surface area contributed by atoms with Crippen molar-refractivity contribution < 1.29 is 18.0 Å². The molecule has 208 valence electrons. The molecule has 0 atom stereocenters. The Hall–Kier alpha value is -4.43. The van der Waals surface area contributed by atoms with Crippen molar-refractivity contribution in [1.82, 2.24) is 34.8 Å². The highest BCUT2D eigenvalue weighted by Gasteiger charge is 2.38. The number of hydrogen-bond acceptors (Lipinski definition) is 5. The Balaban J connectivity index is 1.58. The molecule has 0 unspecified atom stereocenters. The molecule has 0 saturated carbocycles. The maximum atomic E-state index is 13.8. The van der Waals surface area contributed by atoms with E-state index in [0.717, 1.165) is 23.1 Å².